The van der Waals surface area contributed by atoms with E-state index in [0.717, 1.165) is 21.5 Å². The van der Waals surface area contributed by atoms with E-state index in [1.54, 1.807) is 23.1 Å². The standard InChI is InChI=1S/C17H24N4S3/c1-19(13-21-17(22)24-16(18-21)23-2)12-14-8-4-5-9-15(14)20-10-6-3-7-11-20/h4-5,8-9H,3,6-7,10-13H2,1-2H3. The molecule has 0 spiro atoms. The molecule has 0 saturated carbocycles. The first-order chi connectivity index (χ1) is 11.7. The van der Waals surface area contributed by atoms with Gasteiger partial charge in [-0.25, -0.2) is 4.68 Å². The number of benzene rings is 1. The zero-order chi connectivity index (χ0) is 16.9. The lowest BCUT2D eigenvalue weighted by atomic mass is 10.1. The van der Waals surface area contributed by atoms with Crippen LogP contribution in [0.15, 0.2) is 28.6 Å². The van der Waals surface area contributed by atoms with Crippen molar-refractivity contribution >= 4 is 41.0 Å². The van der Waals surface area contributed by atoms with Crippen molar-refractivity contribution in [1.82, 2.24) is 14.7 Å². The lowest BCUT2D eigenvalue weighted by molar-refractivity contribution is 0.243. The first kappa shape index (κ1) is 17.9. The van der Waals surface area contributed by atoms with Gasteiger partial charge in [0.25, 0.3) is 0 Å². The lowest BCUT2D eigenvalue weighted by Crippen LogP contribution is -2.31. The summed E-state index contributed by atoms with van der Waals surface area (Å²) in [6, 6.07) is 8.79. The van der Waals surface area contributed by atoms with Crippen molar-refractivity contribution in [2.24, 2.45) is 0 Å². The lowest BCUT2D eigenvalue weighted by Gasteiger charge is -2.31. The quantitative estimate of drug-likeness (QED) is 0.543. The molecule has 0 aliphatic carbocycles. The molecule has 0 bridgehead atoms. The minimum atomic E-state index is 0.726. The molecule has 3 rings (SSSR count). The van der Waals surface area contributed by atoms with Crippen molar-refractivity contribution in [3.05, 3.63) is 33.8 Å². The maximum Gasteiger partial charge on any atom is 0.181 e. The molecule has 4 nitrogen and oxygen atoms in total. The van der Waals surface area contributed by atoms with E-state index >= 15 is 0 Å². The number of thioether (sulfide) groups is 1. The predicted molar refractivity (Wildman–Crippen MR) is 107 cm³/mol. The maximum absolute atomic E-state index is 5.42. The van der Waals surface area contributed by atoms with Crippen molar-refractivity contribution in [1.29, 1.82) is 0 Å². The number of rotatable bonds is 6. The van der Waals surface area contributed by atoms with E-state index in [1.165, 1.54) is 43.6 Å². The number of aromatic nitrogens is 2. The minimum absolute atomic E-state index is 0.726. The number of anilines is 1. The largest absolute Gasteiger partial charge is 0.371 e. The Morgan fingerprint density at radius 3 is 2.71 bits per heavy atom. The van der Waals surface area contributed by atoms with Crippen LogP contribution < -0.4 is 4.90 Å². The Hall–Kier alpha value is -0.890. The van der Waals surface area contributed by atoms with Gasteiger partial charge in [-0.05, 0) is 56.4 Å². The van der Waals surface area contributed by atoms with Crippen LogP contribution in [0.2, 0.25) is 0 Å². The monoisotopic (exact) mass is 380 g/mol. The molecule has 1 aliphatic rings. The zero-order valence-corrected chi connectivity index (χ0v) is 16.7. The second kappa shape index (κ2) is 8.47. The van der Waals surface area contributed by atoms with Crippen LogP contribution in [0.4, 0.5) is 5.69 Å². The van der Waals surface area contributed by atoms with Crippen LogP contribution in [0.1, 0.15) is 24.8 Å². The molecular formula is C17H24N4S3. The van der Waals surface area contributed by atoms with Gasteiger partial charge < -0.3 is 4.90 Å². The van der Waals surface area contributed by atoms with E-state index in [1.807, 2.05) is 10.9 Å². The molecule has 1 aromatic heterocycles. The summed E-state index contributed by atoms with van der Waals surface area (Å²) in [5.74, 6) is 0. The van der Waals surface area contributed by atoms with E-state index in [4.69, 9.17) is 12.2 Å². The van der Waals surface area contributed by atoms with Crippen molar-refractivity contribution in [2.45, 2.75) is 36.8 Å². The SMILES string of the molecule is CSc1nn(CN(C)Cc2ccccc2N2CCCCC2)c(=S)s1. The van der Waals surface area contributed by atoms with Crippen LogP contribution in [-0.2, 0) is 13.2 Å². The Morgan fingerprint density at radius 1 is 1.25 bits per heavy atom. The zero-order valence-electron chi connectivity index (χ0n) is 14.3. The van der Waals surface area contributed by atoms with Gasteiger partial charge in [-0.2, -0.15) is 5.10 Å². The molecule has 1 aliphatic heterocycles. The van der Waals surface area contributed by atoms with Crippen LogP contribution in [0.25, 0.3) is 0 Å². The van der Waals surface area contributed by atoms with Crippen LogP contribution >= 0.6 is 35.3 Å². The highest BCUT2D eigenvalue weighted by molar-refractivity contribution is 8.00. The molecule has 2 aromatic rings. The first-order valence-corrected chi connectivity index (χ1v) is 10.8. The molecule has 130 valence electrons. The molecular weight excluding hydrogens is 356 g/mol. The molecule has 7 heteroatoms. The number of para-hydroxylation sites is 1. The Balaban J connectivity index is 1.70. The summed E-state index contributed by atoms with van der Waals surface area (Å²) < 4.78 is 3.80. The molecule has 0 N–H and O–H groups in total. The van der Waals surface area contributed by atoms with E-state index in [9.17, 15) is 0 Å². The van der Waals surface area contributed by atoms with Crippen molar-refractivity contribution in [2.75, 3.05) is 31.3 Å². The third-order valence-electron chi connectivity index (χ3n) is 4.27. The van der Waals surface area contributed by atoms with Gasteiger partial charge in [-0.1, -0.05) is 41.3 Å². The van der Waals surface area contributed by atoms with Gasteiger partial charge in [-0.15, -0.1) is 0 Å². The normalized spacial score (nSPS) is 15.2. The van der Waals surface area contributed by atoms with Crippen molar-refractivity contribution < 1.29 is 0 Å². The summed E-state index contributed by atoms with van der Waals surface area (Å²) in [7, 11) is 2.13. The molecule has 0 radical (unpaired) electrons. The van der Waals surface area contributed by atoms with Crippen LogP contribution in [0.5, 0.6) is 0 Å². The van der Waals surface area contributed by atoms with Gasteiger partial charge in [0.2, 0.25) is 0 Å². The third-order valence-corrected chi connectivity index (χ3v) is 6.55. The van der Waals surface area contributed by atoms with Gasteiger partial charge >= 0.3 is 0 Å². The average Bonchev–Trinajstić information content (AvgIpc) is 2.96. The maximum atomic E-state index is 5.42. The van der Waals surface area contributed by atoms with Crippen LogP contribution in [0.3, 0.4) is 0 Å². The van der Waals surface area contributed by atoms with E-state index in [-0.39, 0.29) is 0 Å². The Morgan fingerprint density at radius 2 is 2.00 bits per heavy atom. The highest BCUT2D eigenvalue weighted by Gasteiger charge is 2.15. The molecule has 0 unspecified atom stereocenters. The highest BCUT2D eigenvalue weighted by Crippen LogP contribution is 2.25. The smallest absolute Gasteiger partial charge is 0.181 e. The molecule has 0 atom stereocenters. The summed E-state index contributed by atoms with van der Waals surface area (Å²) in [6.07, 6.45) is 6.00. The minimum Gasteiger partial charge on any atom is -0.371 e. The third kappa shape index (κ3) is 4.39. The fourth-order valence-corrected chi connectivity index (χ4v) is 4.85. The fourth-order valence-electron chi connectivity index (χ4n) is 3.12. The van der Waals surface area contributed by atoms with Crippen molar-refractivity contribution in [3.63, 3.8) is 0 Å². The molecule has 1 saturated heterocycles. The molecule has 1 aromatic carbocycles. The summed E-state index contributed by atoms with van der Waals surface area (Å²) in [5.41, 5.74) is 2.77. The second-order valence-electron chi connectivity index (χ2n) is 6.17. The fraction of sp³-hybridized carbons (Fsp3) is 0.529. The Labute approximate surface area is 157 Å². The number of nitrogens with zero attached hydrogens (tertiary/aromatic N) is 4. The Kier molecular flexibility index (Phi) is 6.32. The molecule has 0 amide bonds. The summed E-state index contributed by atoms with van der Waals surface area (Å²) in [6.45, 7) is 3.98. The van der Waals surface area contributed by atoms with E-state index in [2.05, 4.69) is 46.2 Å². The molecule has 2 heterocycles. The molecule has 24 heavy (non-hydrogen) atoms. The van der Waals surface area contributed by atoms with Gasteiger partial charge in [-0.3, -0.25) is 4.90 Å². The highest BCUT2D eigenvalue weighted by atomic mass is 32.2. The second-order valence-corrected chi connectivity index (χ2v) is 8.85. The van der Waals surface area contributed by atoms with Gasteiger partial charge in [0.05, 0.1) is 6.67 Å². The van der Waals surface area contributed by atoms with E-state index < -0.39 is 0 Å². The average molecular weight is 381 g/mol. The van der Waals surface area contributed by atoms with Gasteiger partial charge in [0.15, 0.2) is 8.29 Å². The number of piperidine rings is 1. The Bertz CT molecular complexity index is 719. The summed E-state index contributed by atoms with van der Waals surface area (Å²) in [4.78, 5) is 4.81. The van der Waals surface area contributed by atoms with Crippen LogP contribution in [-0.4, -0.2) is 41.1 Å². The predicted octanol–water partition coefficient (Wildman–Crippen LogP) is 4.48. The molecule has 1 fully saturated rings. The van der Waals surface area contributed by atoms with Crippen LogP contribution in [0, 0.1) is 3.95 Å². The van der Waals surface area contributed by atoms with Gasteiger partial charge in [0.1, 0.15) is 0 Å². The number of hydrogen-bond acceptors (Lipinski definition) is 6. The summed E-state index contributed by atoms with van der Waals surface area (Å²) >= 11 is 8.66. The number of hydrogen-bond donors (Lipinski definition) is 0. The van der Waals surface area contributed by atoms with Gasteiger partial charge in [0, 0.05) is 25.3 Å². The first-order valence-electron chi connectivity index (χ1n) is 8.30. The summed E-state index contributed by atoms with van der Waals surface area (Å²) in [5, 5.41) is 4.56. The topological polar surface area (TPSA) is 24.3 Å². The van der Waals surface area contributed by atoms with E-state index in [0.29, 0.717) is 0 Å². The van der Waals surface area contributed by atoms with Crippen molar-refractivity contribution in [3.8, 4) is 0 Å².